The molecular weight excluding hydrogens is 220 g/mol. The van der Waals surface area contributed by atoms with Gasteiger partial charge in [-0.1, -0.05) is 11.6 Å². The average molecular weight is 229 g/mol. The van der Waals surface area contributed by atoms with Gasteiger partial charge in [0.25, 0.3) is 0 Å². The summed E-state index contributed by atoms with van der Waals surface area (Å²) in [7, 11) is 0. The number of thioether (sulfide) groups is 1. The zero-order chi connectivity index (χ0) is 9.26. The van der Waals surface area contributed by atoms with Crippen LogP contribution in [-0.4, -0.2) is 6.26 Å². The van der Waals surface area contributed by atoms with Crippen LogP contribution in [0.15, 0.2) is 23.6 Å². The molecule has 0 bridgehead atoms. The highest BCUT2D eigenvalue weighted by molar-refractivity contribution is 7.97. The molecule has 0 amide bonds. The third kappa shape index (κ3) is 1.85. The van der Waals surface area contributed by atoms with Crippen molar-refractivity contribution >= 4 is 44.8 Å². The predicted molar refractivity (Wildman–Crippen MR) is 64.1 cm³/mol. The molecule has 0 spiro atoms. The SMILES string of the molecule is CSCc1csc2ccc(Cl)cc12. The van der Waals surface area contributed by atoms with Gasteiger partial charge in [-0.3, -0.25) is 0 Å². The summed E-state index contributed by atoms with van der Waals surface area (Å²) in [5.74, 6) is 1.07. The fraction of sp³-hybridized carbons (Fsp3) is 0.200. The van der Waals surface area contributed by atoms with Gasteiger partial charge in [-0.15, -0.1) is 11.3 Å². The average Bonchev–Trinajstić information content (AvgIpc) is 2.49. The lowest BCUT2D eigenvalue weighted by molar-refractivity contribution is 1.52. The van der Waals surface area contributed by atoms with Crippen molar-refractivity contribution < 1.29 is 0 Å². The minimum absolute atomic E-state index is 0.827. The molecule has 0 radical (unpaired) electrons. The minimum Gasteiger partial charge on any atom is -0.161 e. The monoisotopic (exact) mass is 228 g/mol. The molecule has 2 aromatic rings. The van der Waals surface area contributed by atoms with Crippen LogP contribution in [0.4, 0.5) is 0 Å². The fourth-order valence-corrected chi connectivity index (χ4v) is 3.09. The van der Waals surface area contributed by atoms with Gasteiger partial charge in [0.2, 0.25) is 0 Å². The van der Waals surface area contributed by atoms with Crippen LogP contribution < -0.4 is 0 Å². The van der Waals surface area contributed by atoms with Crippen molar-refractivity contribution in [3.05, 3.63) is 34.2 Å². The van der Waals surface area contributed by atoms with E-state index in [4.69, 9.17) is 11.6 Å². The quantitative estimate of drug-likeness (QED) is 0.734. The summed E-state index contributed by atoms with van der Waals surface area (Å²) in [5, 5.41) is 4.36. The topological polar surface area (TPSA) is 0 Å². The first-order valence-corrected chi connectivity index (χ1v) is 6.61. The lowest BCUT2D eigenvalue weighted by atomic mass is 10.2. The summed E-state index contributed by atoms with van der Waals surface area (Å²) in [5.41, 5.74) is 1.40. The van der Waals surface area contributed by atoms with Gasteiger partial charge < -0.3 is 0 Å². The van der Waals surface area contributed by atoms with Gasteiger partial charge in [-0.05, 0) is 40.8 Å². The number of fused-ring (bicyclic) bond motifs is 1. The minimum atomic E-state index is 0.827. The molecule has 1 heterocycles. The van der Waals surface area contributed by atoms with Crippen LogP contribution in [-0.2, 0) is 5.75 Å². The lowest BCUT2D eigenvalue weighted by Crippen LogP contribution is -1.75. The molecular formula is C10H9ClS2. The Balaban J connectivity index is 2.58. The van der Waals surface area contributed by atoms with Crippen molar-refractivity contribution in [2.75, 3.05) is 6.26 Å². The molecule has 2 rings (SSSR count). The zero-order valence-corrected chi connectivity index (χ0v) is 9.60. The third-order valence-corrected chi connectivity index (χ3v) is 3.76. The molecule has 3 heteroatoms. The van der Waals surface area contributed by atoms with Crippen molar-refractivity contribution in [2.24, 2.45) is 0 Å². The molecule has 1 aromatic carbocycles. The Labute approximate surface area is 90.9 Å². The Morgan fingerprint density at radius 2 is 2.31 bits per heavy atom. The smallest absolute Gasteiger partial charge is 0.0413 e. The maximum Gasteiger partial charge on any atom is 0.0413 e. The van der Waals surface area contributed by atoms with Crippen LogP contribution in [0.1, 0.15) is 5.56 Å². The summed E-state index contributed by atoms with van der Waals surface area (Å²) in [6, 6.07) is 6.09. The van der Waals surface area contributed by atoms with Crippen molar-refractivity contribution in [2.45, 2.75) is 5.75 Å². The van der Waals surface area contributed by atoms with E-state index in [-0.39, 0.29) is 0 Å². The van der Waals surface area contributed by atoms with E-state index in [2.05, 4.69) is 23.8 Å². The van der Waals surface area contributed by atoms with E-state index in [1.54, 1.807) is 11.3 Å². The van der Waals surface area contributed by atoms with Crippen LogP contribution in [0.25, 0.3) is 10.1 Å². The van der Waals surface area contributed by atoms with Crippen molar-refractivity contribution in [3.8, 4) is 0 Å². The van der Waals surface area contributed by atoms with Crippen molar-refractivity contribution in [3.63, 3.8) is 0 Å². The van der Waals surface area contributed by atoms with E-state index in [0.717, 1.165) is 10.8 Å². The van der Waals surface area contributed by atoms with E-state index in [1.165, 1.54) is 15.6 Å². The number of rotatable bonds is 2. The Bertz CT molecular complexity index is 420. The molecule has 0 saturated heterocycles. The van der Waals surface area contributed by atoms with Gasteiger partial charge in [0.1, 0.15) is 0 Å². The normalized spacial score (nSPS) is 10.9. The Morgan fingerprint density at radius 3 is 3.08 bits per heavy atom. The van der Waals surface area contributed by atoms with E-state index in [1.807, 2.05) is 17.8 Å². The standard InChI is InChI=1S/C10H9ClS2/c1-12-5-7-6-13-10-3-2-8(11)4-9(7)10/h2-4,6H,5H2,1H3. The summed E-state index contributed by atoms with van der Waals surface area (Å²) in [6.07, 6.45) is 2.12. The predicted octanol–water partition coefficient (Wildman–Crippen LogP) is 4.42. The first kappa shape index (κ1) is 9.38. The second-order valence-electron chi connectivity index (χ2n) is 2.83. The summed E-state index contributed by atoms with van der Waals surface area (Å²) in [4.78, 5) is 0. The largest absolute Gasteiger partial charge is 0.161 e. The number of benzene rings is 1. The molecule has 0 aliphatic rings. The molecule has 13 heavy (non-hydrogen) atoms. The van der Waals surface area contributed by atoms with Crippen LogP contribution in [0.2, 0.25) is 5.02 Å². The lowest BCUT2D eigenvalue weighted by Gasteiger charge is -1.96. The molecule has 0 fully saturated rings. The second-order valence-corrected chi connectivity index (χ2v) is 5.05. The van der Waals surface area contributed by atoms with E-state index in [0.29, 0.717) is 0 Å². The maximum absolute atomic E-state index is 5.95. The van der Waals surface area contributed by atoms with Crippen molar-refractivity contribution in [1.82, 2.24) is 0 Å². The van der Waals surface area contributed by atoms with E-state index >= 15 is 0 Å². The Kier molecular flexibility index (Phi) is 2.82. The van der Waals surface area contributed by atoms with E-state index in [9.17, 15) is 0 Å². The van der Waals surface area contributed by atoms with E-state index < -0.39 is 0 Å². The van der Waals surface area contributed by atoms with Gasteiger partial charge in [0.15, 0.2) is 0 Å². The summed E-state index contributed by atoms with van der Waals surface area (Å²) in [6.45, 7) is 0. The Morgan fingerprint density at radius 1 is 1.46 bits per heavy atom. The fourth-order valence-electron chi connectivity index (χ4n) is 1.32. The highest BCUT2D eigenvalue weighted by Gasteiger charge is 2.03. The first-order chi connectivity index (χ1) is 6.31. The number of thiophene rings is 1. The highest BCUT2D eigenvalue weighted by Crippen LogP contribution is 2.30. The van der Waals surface area contributed by atoms with Crippen LogP contribution in [0.5, 0.6) is 0 Å². The van der Waals surface area contributed by atoms with Gasteiger partial charge in [0.05, 0.1) is 0 Å². The molecule has 68 valence electrons. The molecule has 0 saturated carbocycles. The maximum atomic E-state index is 5.95. The van der Waals surface area contributed by atoms with Gasteiger partial charge in [0, 0.05) is 15.5 Å². The number of halogens is 1. The number of hydrogen-bond donors (Lipinski definition) is 0. The van der Waals surface area contributed by atoms with Gasteiger partial charge >= 0.3 is 0 Å². The van der Waals surface area contributed by atoms with Crippen LogP contribution in [0.3, 0.4) is 0 Å². The molecule has 0 atom stereocenters. The molecule has 0 N–H and O–H groups in total. The third-order valence-electron chi connectivity index (χ3n) is 1.92. The highest BCUT2D eigenvalue weighted by atomic mass is 35.5. The van der Waals surface area contributed by atoms with Gasteiger partial charge in [-0.2, -0.15) is 11.8 Å². The van der Waals surface area contributed by atoms with Crippen molar-refractivity contribution in [1.29, 1.82) is 0 Å². The molecule has 0 aliphatic heterocycles. The molecule has 1 aromatic heterocycles. The molecule has 0 aliphatic carbocycles. The Hall–Kier alpha value is -0.180. The van der Waals surface area contributed by atoms with Gasteiger partial charge in [-0.25, -0.2) is 0 Å². The van der Waals surface area contributed by atoms with Crippen LogP contribution >= 0.6 is 34.7 Å². The molecule has 0 unspecified atom stereocenters. The summed E-state index contributed by atoms with van der Waals surface area (Å²) >= 11 is 9.58. The number of hydrogen-bond acceptors (Lipinski definition) is 2. The van der Waals surface area contributed by atoms with Crippen LogP contribution in [0, 0.1) is 0 Å². The first-order valence-electron chi connectivity index (χ1n) is 3.96. The second kappa shape index (κ2) is 3.91. The molecule has 0 nitrogen and oxygen atoms in total. The summed E-state index contributed by atoms with van der Waals surface area (Å²) < 4.78 is 1.33. The zero-order valence-electron chi connectivity index (χ0n) is 7.21.